The molecule has 0 atom stereocenters. The summed E-state index contributed by atoms with van der Waals surface area (Å²) in [6, 6.07) is 7.47. The maximum atomic E-state index is 11.0. The van der Waals surface area contributed by atoms with Crippen molar-refractivity contribution in [3.63, 3.8) is 0 Å². The summed E-state index contributed by atoms with van der Waals surface area (Å²) in [4.78, 5) is 11.0. The molecule has 2 rings (SSSR count). The van der Waals surface area contributed by atoms with Crippen molar-refractivity contribution in [2.75, 3.05) is 0 Å². The van der Waals surface area contributed by atoms with Gasteiger partial charge in [0.2, 0.25) is 0 Å². The van der Waals surface area contributed by atoms with Gasteiger partial charge in [-0.1, -0.05) is 69.2 Å². The van der Waals surface area contributed by atoms with Crippen molar-refractivity contribution in [3.05, 3.63) is 0 Å². The van der Waals surface area contributed by atoms with E-state index in [4.69, 9.17) is 5.11 Å². The number of hydrogen-bond acceptors (Lipinski definition) is 1. The Bertz CT molecular complexity index is 293. The predicted molar refractivity (Wildman–Crippen MR) is 91.2 cm³/mol. The second-order valence-electron chi connectivity index (χ2n) is 7.23. The van der Waals surface area contributed by atoms with Gasteiger partial charge in [0.15, 0.2) is 0 Å². The van der Waals surface area contributed by atoms with Crippen molar-refractivity contribution in [2.45, 2.75) is 87.6 Å². The monoisotopic (exact) mass is 312 g/mol. The van der Waals surface area contributed by atoms with Crippen LogP contribution in [0.3, 0.4) is 0 Å². The first-order chi connectivity index (χ1) is 9.70. The lowest BCUT2D eigenvalue weighted by atomic mass is 10.0. The van der Waals surface area contributed by atoms with Gasteiger partial charge in [0, 0.05) is 17.6 Å². The molecule has 0 aromatic rings. The Labute approximate surface area is 127 Å². The van der Waals surface area contributed by atoms with Crippen molar-refractivity contribution >= 4 is 23.6 Å². The van der Waals surface area contributed by atoms with E-state index in [9.17, 15) is 4.79 Å². The van der Waals surface area contributed by atoms with Crippen molar-refractivity contribution in [1.29, 1.82) is 0 Å². The van der Waals surface area contributed by atoms with Gasteiger partial charge < -0.3 is 5.11 Å². The van der Waals surface area contributed by atoms with Crippen LogP contribution < -0.4 is 0 Å². The van der Waals surface area contributed by atoms with Gasteiger partial charge in [0.25, 0.3) is 0 Å². The van der Waals surface area contributed by atoms with Crippen LogP contribution in [-0.2, 0) is 4.79 Å². The molecule has 2 saturated heterocycles. The molecule has 0 radical (unpaired) electrons. The van der Waals surface area contributed by atoms with Gasteiger partial charge >= 0.3 is 5.97 Å². The molecule has 0 aliphatic carbocycles. The molecule has 0 bridgehead atoms. The summed E-state index contributed by atoms with van der Waals surface area (Å²) in [6.07, 6.45) is 9.39. The average Bonchev–Trinajstić information content (AvgIpc) is 2.48. The highest BCUT2D eigenvalue weighted by Gasteiger charge is 2.33. The highest BCUT2D eigenvalue weighted by molar-refractivity contribution is 6.63. The molecule has 2 nitrogen and oxygen atoms in total. The fourth-order valence-corrected chi connectivity index (χ4v) is 13.0. The second kappa shape index (κ2) is 8.37. The third kappa shape index (κ3) is 4.73. The van der Waals surface area contributed by atoms with E-state index in [1.54, 1.807) is 18.1 Å². The summed E-state index contributed by atoms with van der Waals surface area (Å²) < 4.78 is 0. The minimum absolute atomic E-state index is 0.00138. The maximum Gasteiger partial charge on any atom is 0.306 e. The first kappa shape index (κ1) is 16.3. The second-order valence-corrected chi connectivity index (χ2v) is 14.3. The SMILES string of the molecule is CCCCC[SiH]1CCC([Si@H]2CC[C@H](C(=O)O)CC2)CC1. The number of aliphatic carboxylic acids is 1. The Balaban J connectivity index is 1.65. The van der Waals surface area contributed by atoms with Crippen LogP contribution in [-0.4, -0.2) is 28.7 Å². The molecular weight excluding hydrogens is 280 g/mol. The topological polar surface area (TPSA) is 37.3 Å². The molecule has 1 N–H and O–H groups in total. The van der Waals surface area contributed by atoms with Crippen molar-refractivity contribution in [1.82, 2.24) is 0 Å². The number of carboxylic acid groups (broad SMARTS) is 1. The zero-order chi connectivity index (χ0) is 14.4. The van der Waals surface area contributed by atoms with Gasteiger partial charge in [0.1, 0.15) is 0 Å². The van der Waals surface area contributed by atoms with Gasteiger partial charge in [-0.3, -0.25) is 4.79 Å². The van der Waals surface area contributed by atoms with Crippen LogP contribution in [0.4, 0.5) is 0 Å². The van der Waals surface area contributed by atoms with Crippen LogP contribution in [0.15, 0.2) is 0 Å². The summed E-state index contributed by atoms with van der Waals surface area (Å²) in [6.45, 7) is 2.30. The van der Waals surface area contributed by atoms with E-state index in [-0.39, 0.29) is 14.7 Å². The standard InChI is InChI=1S/C16H32O2Si2/c1-2-3-4-9-19-10-7-15(8-11-19)20-12-5-14(6-13-20)16(17)18/h14-15,19-20H,2-13H2,1H3,(H,17,18)/t14-,15?,19?,20-. The van der Waals surface area contributed by atoms with E-state index in [2.05, 4.69) is 6.92 Å². The molecule has 4 heteroatoms. The molecule has 116 valence electrons. The molecule has 20 heavy (non-hydrogen) atoms. The van der Waals surface area contributed by atoms with Crippen LogP contribution >= 0.6 is 0 Å². The molecule has 0 amide bonds. The van der Waals surface area contributed by atoms with Crippen LogP contribution in [0.25, 0.3) is 0 Å². The van der Waals surface area contributed by atoms with E-state index < -0.39 is 14.8 Å². The Kier molecular flexibility index (Phi) is 6.81. The normalized spacial score (nSPS) is 34.9. The van der Waals surface area contributed by atoms with Gasteiger partial charge in [0.05, 0.1) is 5.92 Å². The van der Waals surface area contributed by atoms with Gasteiger partial charge in [-0.25, -0.2) is 0 Å². The maximum absolute atomic E-state index is 11.0. The van der Waals surface area contributed by atoms with E-state index in [0.29, 0.717) is 0 Å². The average molecular weight is 313 g/mol. The van der Waals surface area contributed by atoms with Gasteiger partial charge in [-0.15, -0.1) is 0 Å². The Morgan fingerprint density at radius 2 is 1.70 bits per heavy atom. The lowest BCUT2D eigenvalue weighted by Crippen LogP contribution is -2.32. The predicted octanol–water partition coefficient (Wildman–Crippen LogP) is 4.29. The van der Waals surface area contributed by atoms with Crippen molar-refractivity contribution in [2.24, 2.45) is 5.92 Å². The third-order valence-electron chi connectivity index (χ3n) is 5.90. The Hall–Kier alpha value is -0.0962. The zero-order valence-corrected chi connectivity index (χ0v) is 15.5. The van der Waals surface area contributed by atoms with Crippen LogP contribution in [0.2, 0.25) is 35.8 Å². The summed E-state index contributed by atoms with van der Waals surface area (Å²) in [7, 11) is -0.940. The molecule has 2 aliphatic rings. The summed E-state index contributed by atoms with van der Waals surface area (Å²) in [5.74, 6) is -0.539. The number of carbonyl (C=O) groups is 1. The minimum Gasteiger partial charge on any atom is -0.481 e. The fraction of sp³-hybridized carbons (Fsp3) is 0.938. The van der Waals surface area contributed by atoms with E-state index >= 15 is 0 Å². The molecule has 0 saturated carbocycles. The first-order valence-corrected chi connectivity index (χ1v) is 13.7. The van der Waals surface area contributed by atoms with Crippen LogP contribution in [0, 0.1) is 5.92 Å². The van der Waals surface area contributed by atoms with E-state index in [1.807, 2.05) is 0 Å². The molecule has 2 heterocycles. The lowest BCUT2D eigenvalue weighted by molar-refractivity contribution is -0.142. The Morgan fingerprint density at radius 1 is 1.05 bits per heavy atom. The summed E-state index contributed by atoms with van der Waals surface area (Å²) in [5, 5.41) is 9.09. The van der Waals surface area contributed by atoms with Crippen LogP contribution in [0.5, 0.6) is 0 Å². The molecular formula is C16H32O2Si2. The number of carboxylic acids is 1. The van der Waals surface area contributed by atoms with E-state index in [1.165, 1.54) is 44.2 Å². The quantitative estimate of drug-likeness (QED) is 0.587. The van der Waals surface area contributed by atoms with Crippen molar-refractivity contribution < 1.29 is 9.90 Å². The van der Waals surface area contributed by atoms with E-state index in [0.717, 1.165) is 18.4 Å². The molecule has 0 aromatic carbocycles. The van der Waals surface area contributed by atoms with Crippen molar-refractivity contribution in [3.8, 4) is 0 Å². The lowest BCUT2D eigenvalue weighted by Gasteiger charge is -2.36. The minimum atomic E-state index is -0.589. The molecule has 0 aromatic heterocycles. The Morgan fingerprint density at radius 3 is 2.25 bits per heavy atom. The third-order valence-corrected chi connectivity index (χ3v) is 13.6. The molecule has 0 unspecified atom stereocenters. The van der Waals surface area contributed by atoms with Crippen LogP contribution in [0.1, 0.15) is 51.9 Å². The molecule has 2 aliphatic heterocycles. The highest BCUT2D eigenvalue weighted by atomic mass is 28.3. The number of rotatable bonds is 6. The number of unbranched alkanes of at least 4 members (excludes halogenated alkanes) is 2. The highest BCUT2D eigenvalue weighted by Crippen LogP contribution is 2.40. The van der Waals surface area contributed by atoms with Gasteiger partial charge in [-0.2, -0.15) is 0 Å². The smallest absolute Gasteiger partial charge is 0.306 e. The van der Waals surface area contributed by atoms with Gasteiger partial charge in [-0.05, 0) is 18.4 Å². The number of hydrogen-bond donors (Lipinski definition) is 1. The molecule has 2 fully saturated rings. The summed E-state index contributed by atoms with van der Waals surface area (Å²) >= 11 is 0. The fourth-order valence-electron chi connectivity index (χ4n) is 4.47. The molecule has 0 spiro atoms. The zero-order valence-electron chi connectivity index (χ0n) is 13.2. The summed E-state index contributed by atoms with van der Waals surface area (Å²) in [5.41, 5.74) is 1.08. The first-order valence-electron chi connectivity index (χ1n) is 8.93. The largest absolute Gasteiger partial charge is 0.481 e.